The summed E-state index contributed by atoms with van der Waals surface area (Å²) in [5.41, 5.74) is 0.764. The zero-order valence-corrected chi connectivity index (χ0v) is 11.5. The molecule has 5 heteroatoms. The van der Waals surface area contributed by atoms with Gasteiger partial charge in [-0.3, -0.25) is 0 Å². The van der Waals surface area contributed by atoms with Crippen LogP contribution in [0.25, 0.3) is 0 Å². The number of nitrogens with zero attached hydrogens (tertiary/aromatic N) is 1. The van der Waals surface area contributed by atoms with Gasteiger partial charge in [0.2, 0.25) is 10.0 Å². The fourth-order valence-electron chi connectivity index (χ4n) is 2.56. The van der Waals surface area contributed by atoms with Gasteiger partial charge >= 0.3 is 0 Å². The molecule has 0 unspecified atom stereocenters. The van der Waals surface area contributed by atoms with Gasteiger partial charge in [0.25, 0.3) is 0 Å². The van der Waals surface area contributed by atoms with E-state index in [4.69, 9.17) is 0 Å². The summed E-state index contributed by atoms with van der Waals surface area (Å²) in [6.45, 7) is 4.01. The smallest absolute Gasteiger partial charge is 0.221 e. The van der Waals surface area contributed by atoms with Crippen molar-refractivity contribution in [2.24, 2.45) is 5.92 Å². The average Bonchev–Trinajstić information content (AvgIpc) is 2.61. The van der Waals surface area contributed by atoms with E-state index in [2.05, 4.69) is 0 Å². The SMILES string of the molecule is CC(C)N1C[C@@H](CO)[C@H](c2ccccc2)S1(=O)=O. The summed E-state index contributed by atoms with van der Waals surface area (Å²) in [6.07, 6.45) is 0. The highest BCUT2D eigenvalue weighted by Crippen LogP contribution is 2.40. The number of hydrogen-bond donors (Lipinski definition) is 1. The summed E-state index contributed by atoms with van der Waals surface area (Å²) in [5, 5.41) is 8.82. The molecule has 18 heavy (non-hydrogen) atoms. The van der Waals surface area contributed by atoms with E-state index < -0.39 is 15.3 Å². The molecule has 1 aliphatic heterocycles. The number of aliphatic hydroxyl groups is 1. The van der Waals surface area contributed by atoms with E-state index in [9.17, 15) is 13.5 Å². The van der Waals surface area contributed by atoms with Crippen molar-refractivity contribution < 1.29 is 13.5 Å². The molecule has 100 valence electrons. The second kappa shape index (κ2) is 4.99. The van der Waals surface area contributed by atoms with Crippen molar-refractivity contribution in [2.45, 2.75) is 25.1 Å². The third kappa shape index (κ3) is 2.18. The second-order valence-electron chi connectivity index (χ2n) is 4.98. The third-order valence-electron chi connectivity index (χ3n) is 3.43. The minimum Gasteiger partial charge on any atom is -0.396 e. The molecular weight excluding hydrogens is 250 g/mol. The van der Waals surface area contributed by atoms with Crippen LogP contribution in [-0.4, -0.2) is 37.0 Å². The summed E-state index contributed by atoms with van der Waals surface area (Å²) in [7, 11) is -3.37. The standard InChI is InChI=1S/C13H19NO3S/c1-10(2)14-8-12(9-15)13(18(14,16)17)11-6-4-3-5-7-11/h3-7,10,12-13,15H,8-9H2,1-2H3/t12-,13-/m0/s1. The quantitative estimate of drug-likeness (QED) is 0.902. The normalized spacial score (nSPS) is 27.8. The Hall–Kier alpha value is -0.910. The molecule has 1 N–H and O–H groups in total. The maximum Gasteiger partial charge on any atom is 0.221 e. The first-order chi connectivity index (χ1) is 8.48. The molecule has 0 spiro atoms. The van der Waals surface area contributed by atoms with Gasteiger partial charge in [0, 0.05) is 25.1 Å². The van der Waals surface area contributed by atoms with Crippen molar-refractivity contribution in [1.82, 2.24) is 4.31 Å². The topological polar surface area (TPSA) is 57.6 Å². The van der Waals surface area contributed by atoms with Crippen LogP contribution in [0.2, 0.25) is 0 Å². The predicted octanol–water partition coefficient (Wildman–Crippen LogP) is 1.39. The summed E-state index contributed by atoms with van der Waals surface area (Å²) in [6, 6.07) is 9.08. The molecule has 1 aromatic carbocycles. The van der Waals surface area contributed by atoms with E-state index in [0.29, 0.717) is 6.54 Å². The summed E-state index contributed by atoms with van der Waals surface area (Å²) >= 11 is 0. The van der Waals surface area contributed by atoms with E-state index in [1.54, 1.807) is 0 Å². The Morgan fingerprint density at radius 2 is 1.94 bits per heavy atom. The van der Waals surface area contributed by atoms with Crippen LogP contribution in [0.3, 0.4) is 0 Å². The maximum absolute atomic E-state index is 12.5. The first-order valence-corrected chi connectivity index (χ1v) is 7.65. The van der Waals surface area contributed by atoms with E-state index in [0.717, 1.165) is 5.56 Å². The summed E-state index contributed by atoms with van der Waals surface area (Å²) in [4.78, 5) is 0. The van der Waals surface area contributed by atoms with Gasteiger partial charge in [-0.15, -0.1) is 0 Å². The Morgan fingerprint density at radius 3 is 2.44 bits per heavy atom. The van der Waals surface area contributed by atoms with Crippen molar-refractivity contribution in [2.75, 3.05) is 13.2 Å². The van der Waals surface area contributed by atoms with Crippen LogP contribution in [0.4, 0.5) is 0 Å². The van der Waals surface area contributed by atoms with Gasteiger partial charge in [-0.2, -0.15) is 4.31 Å². The van der Waals surface area contributed by atoms with Crippen LogP contribution < -0.4 is 0 Å². The molecule has 0 aliphatic carbocycles. The Morgan fingerprint density at radius 1 is 1.33 bits per heavy atom. The van der Waals surface area contributed by atoms with Gasteiger partial charge < -0.3 is 5.11 Å². The molecule has 2 atom stereocenters. The molecule has 0 aromatic heterocycles. The van der Waals surface area contributed by atoms with Crippen LogP contribution >= 0.6 is 0 Å². The summed E-state index contributed by atoms with van der Waals surface area (Å²) < 4.78 is 26.5. The predicted molar refractivity (Wildman–Crippen MR) is 70.5 cm³/mol. The fraction of sp³-hybridized carbons (Fsp3) is 0.538. The zero-order chi connectivity index (χ0) is 13.3. The Balaban J connectivity index is 2.45. The first-order valence-electron chi connectivity index (χ1n) is 6.15. The average molecular weight is 269 g/mol. The van der Waals surface area contributed by atoms with Crippen LogP contribution in [0.5, 0.6) is 0 Å². The van der Waals surface area contributed by atoms with Gasteiger partial charge in [0.1, 0.15) is 5.25 Å². The molecule has 0 saturated carbocycles. The van der Waals surface area contributed by atoms with Crippen LogP contribution in [0.15, 0.2) is 30.3 Å². The zero-order valence-electron chi connectivity index (χ0n) is 10.7. The Labute approximate surface area is 108 Å². The monoisotopic (exact) mass is 269 g/mol. The highest BCUT2D eigenvalue weighted by molar-refractivity contribution is 7.89. The molecule has 0 radical (unpaired) electrons. The number of hydrogen-bond acceptors (Lipinski definition) is 3. The molecule has 0 amide bonds. The molecular formula is C13H19NO3S. The number of benzene rings is 1. The summed E-state index contributed by atoms with van der Waals surface area (Å²) in [5.74, 6) is -0.250. The van der Waals surface area contributed by atoms with E-state index in [1.165, 1.54) is 4.31 Å². The maximum atomic E-state index is 12.5. The molecule has 2 rings (SSSR count). The van der Waals surface area contributed by atoms with Gasteiger partial charge in [0.15, 0.2) is 0 Å². The molecule has 1 aromatic rings. The minimum atomic E-state index is -3.37. The Bertz CT molecular complexity index is 498. The van der Waals surface area contributed by atoms with Gasteiger partial charge in [-0.05, 0) is 19.4 Å². The molecule has 1 heterocycles. The lowest BCUT2D eigenvalue weighted by Gasteiger charge is -2.20. The van der Waals surface area contributed by atoms with Crippen LogP contribution in [-0.2, 0) is 10.0 Å². The van der Waals surface area contributed by atoms with E-state index >= 15 is 0 Å². The molecule has 1 saturated heterocycles. The lowest BCUT2D eigenvalue weighted by molar-refractivity contribution is 0.209. The number of sulfonamides is 1. The minimum absolute atomic E-state index is 0.0715. The van der Waals surface area contributed by atoms with E-state index in [1.807, 2.05) is 44.2 Å². The first kappa shape index (κ1) is 13.5. The number of aliphatic hydroxyl groups excluding tert-OH is 1. The lowest BCUT2D eigenvalue weighted by Crippen LogP contribution is -2.33. The Kier molecular flexibility index (Phi) is 3.75. The number of rotatable bonds is 3. The van der Waals surface area contributed by atoms with Crippen LogP contribution in [0.1, 0.15) is 24.7 Å². The fourth-order valence-corrected chi connectivity index (χ4v) is 5.00. The van der Waals surface area contributed by atoms with E-state index in [-0.39, 0.29) is 18.6 Å². The molecule has 1 fully saturated rings. The van der Waals surface area contributed by atoms with Crippen LogP contribution in [0, 0.1) is 5.92 Å². The van der Waals surface area contributed by atoms with Crippen molar-refractivity contribution >= 4 is 10.0 Å². The third-order valence-corrected chi connectivity index (χ3v) is 5.95. The highest BCUT2D eigenvalue weighted by atomic mass is 32.2. The second-order valence-corrected chi connectivity index (χ2v) is 6.99. The van der Waals surface area contributed by atoms with Gasteiger partial charge in [0.05, 0.1) is 0 Å². The lowest BCUT2D eigenvalue weighted by atomic mass is 9.99. The van der Waals surface area contributed by atoms with Crippen molar-refractivity contribution in [3.8, 4) is 0 Å². The molecule has 4 nitrogen and oxygen atoms in total. The highest BCUT2D eigenvalue weighted by Gasteiger charge is 2.47. The van der Waals surface area contributed by atoms with Crippen molar-refractivity contribution in [3.05, 3.63) is 35.9 Å². The largest absolute Gasteiger partial charge is 0.396 e. The van der Waals surface area contributed by atoms with Gasteiger partial charge in [-0.1, -0.05) is 30.3 Å². The van der Waals surface area contributed by atoms with Crippen molar-refractivity contribution in [3.63, 3.8) is 0 Å². The van der Waals surface area contributed by atoms with Gasteiger partial charge in [-0.25, -0.2) is 8.42 Å². The molecule has 0 bridgehead atoms. The van der Waals surface area contributed by atoms with Crippen molar-refractivity contribution in [1.29, 1.82) is 0 Å². The molecule has 1 aliphatic rings.